The summed E-state index contributed by atoms with van der Waals surface area (Å²) in [5, 5.41) is 11.6. The van der Waals surface area contributed by atoms with Crippen molar-refractivity contribution in [3.63, 3.8) is 0 Å². The topological polar surface area (TPSA) is 66.4 Å². The highest BCUT2D eigenvalue weighted by Crippen LogP contribution is 2.36. The minimum Gasteiger partial charge on any atom is -0.480 e. The van der Waals surface area contributed by atoms with Gasteiger partial charge in [0.2, 0.25) is 0 Å². The Morgan fingerprint density at radius 2 is 2.06 bits per heavy atom. The number of carboxylic acid groups (broad SMARTS) is 1. The fraction of sp³-hybridized carbons (Fsp3) is 0.333. The first kappa shape index (κ1) is 12.1. The smallest absolute Gasteiger partial charge is 0.329 e. The van der Waals surface area contributed by atoms with Gasteiger partial charge in [-0.3, -0.25) is 4.79 Å². The van der Waals surface area contributed by atoms with Crippen LogP contribution in [0.15, 0.2) is 22.7 Å². The number of aliphatic carboxylic acids is 1. The molecule has 1 aliphatic carbocycles. The molecule has 4 nitrogen and oxygen atoms in total. The lowest BCUT2D eigenvalue weighted by Gasteiger charge is -2.13. The van der Waals surface area contributed by atoms with Gasteiger partial charge < -0.3 is 10.4 Å². The fourth-order valence-electron chi connectivity index (χ4n) is 1.62. The van der Waals surface area contributed by atoms with Crippen molar-refractivity contribution in [3.8, 4) is 0 Å². The molecule has 0 spiro atoms. The van der Waals surface area contributed by atoms with E-state index < -0.39 is 11.5 Å². The number of carbonyl (C=O) groups excluding carboxylic acids is 1. The predicted octanol–water partition coefficient (Wildman–Crippen LogP) is 2.10. The standard InChI is InChI=1S/C12H12BrNO3/c1-7-3-2-4-8(9(7)13)10(15)14-12(5-6-12)11(16)17/h2-4H,5-6H2,1H3,(H,14,15)(H,16,17). The number of amides is 1. The Morgan fingerprint density at radius 3 is 2.59 bits per heavy atom. The van der Waals surface area contributed by atoms with Crippen LogP contribution < -0.4 is 5.32 Å². The zero-order chi connectivity index (χ0) is 12.6. The molecule has 2 N–H and O–H groups in total. The van der Waals surface area contributed by atoms with Crippen LogP contribution in [0.3, 0.4) is 0 Å². The molecule has 90 valence electrons. The van der Waals surface area contributed by atoms with E-state index in [2.05, 4.69) is 21.2 Å². The third-order valence-corrected chi connectivity index (χ3v) is 4.00. The lowest BCUT2D eigenvalue weighted by molar-refractivity contribution is -0.140. The second kappa shape index (κ2) is 4.14. The molecule has 1 amide bonds. The Kier molecular flexibility index (Phi) is 2.95. The number of rotatable bonds is 3. The number of carboxylic acids is 1. The van der Waals surface area contributed by atoms with Gasteiger partial charge in [-0.25, -0.2) is 4.79 Å². The average Bonchev–Trinajstić information content (AvgIpc) is 3.03. The number of carbonyl (C=O) groups is 2. The second-order valence-electron chi connectivity index (χ2n) is 4.28. The maximum Gasteiger partial charge on any atom is 0.329 e. The molecule has 0 aromatic heterocycles. The molecule has 0 unspecified atom stereocenters. The molecule has 2 rings (SSSR count). The van der Waals surface area contributed by atoms with Crippen LogP contribution in [-0.4, -0.2) is 22.5 Å². The molecule has 1 fully saturated rings. The van der Waals surface area contributed by atoms with E-state index in [-0.39, 0.29) is 5.91 Å². The van der Waals surface area contributed by atoms with Crippen molar-refractivity contribution >= 4 is 27.8 Å². The molecular weight excluding hydrogens is 286 g/mol. The van der Waals surface area contributed by atoms with E-state index in [1.165, 1.54) is 0 Å². The molecule has 0 saturated heterocycles. The van der Waals surface area contributed by atoms with E-state index in [4.69, 9.17) is 5.11 Å². The first-order chi connectivity index (χ1) is 7.96. The van der Waals surface area contributed by atoms with Crippen LogP contribution >= 0.6 is 15.9 Å². The van der Waals surface area contributed by atoms with Crippen LogP contribution in [0.4, 0.5) is 0 Å². The van der Waals surface area contributed by atoms with Gasteiger partial charge in [-0.2, -0.15) is 0 Å². The molecule has 0 radical (unpaired) electrons. The molecule has 17 heavy (non-hydrogen) atoms. The molecule has 0 atom stereocenters. The normalized spacial score (nSPS) is 16.4. The summed E-state index contributed by atoms with van der Waals surface area (Å²) in [5.74, 6) is -1.31. The highest BCUT2D eigenvalue weighted by atomic mass is 79.9. The molecule has 1 saturated carbocycles. The number of halogens is 1. The molecule has 0 aliphatic heterocycles. The Bertz CT molecular complexity index is 495. The van der Waals surface area contributed by atoms with Crippen molar-refractivity contribution in [2.45, 2.75) is 25.3 Å². The summed E-state index contributed by atoms with van der Waals surface area (Å²) < 4.78 is 0.707. The summed E-state index contributed by atoms with van der Waals surface area (Å²) >= 11 is 3.34. The Balaban J connectivity index is 2.21. The Hall–Kier alpha value is -1.36. The molecule has 0 bridgehead atoms. The van der Waals surface area contributed by atoms with Gasteiger partial charge in [0.05, 0.1) is 5.56 Å². The van der Waals surface area contributed by atoms with Gasteiger partial charge in [-0.15, -0.1) is 0 Å². The van der Waals surface area contributed by atoms with Crippen molar-refractivity contribution in [3.05, 3.63) is 33.8 Å². The SMILES string of the molecule is Cc1cccc(C(=O)NC2(C(=O)O)CC2)c1Br. The van der Waals surface area contributed by atoms with Crippen molar-refractivity contribution in [2.24, 2.45) is 0 Å². The third-order valence-electron chi connectivity index (χ3n) is 2.95. The number of benzene rings is 1. The van der Waals surface area contributed by atoms with Crippen molar-refractivity contribution in [1.29, 1.82) is 0 Å². The summed E-state index contributed by atoms with van der Waals surface area (Å²) in [6.45, 7) is 1.88. The maximum atomic E-state index is 12.0. The van der Waals surface area contributed by atoms with Crippen molar-refractivity contribution < 1.29 is 14.7 Å². The summed E-state index contributed by atoms with van der Waals surface area (Å²) in [6.07, 6.45) is 0.995. The largest absolute Gasteiger partial charge is 0.480 e. The van der Waals surface area contributed by atoms with Crippen LogP contribution in [0.5, 0.6) is 0 Å². The monoisotopic (exact) mass is 297 g/mol. The van der Waals surface area contributed by atoms with Gasteiger partial charge in [-0.05, 0) is 47.3 Å². The van der Waals surface area contributed by atoms with Gasteiger partial charge in [-0.1, -0.05) is 12.1 Å². The number of nitrogens with one attached hydrogen (secondary N) is 1. The molecular formula is C12H12BrNO3. The molecule has 5 heteroatoms. The summed E-state index contributed by atoms with van der Waals surface area (Å²) in [6, 6.07) is 5.32. The highest BCUT2D eigenvalue weighted by Gasteiger charge is 2.51. The van der Waals surface area contributed by atoms with E-state index in [1.807, 2.05) is 13.0 Å². The van der Waals surface area contributed by atoms with Crippen LogP contribution in [0, 0.1) is 6.92 Å². The van der Waals surface area contributed by atoms with Gasteiger partial charge >= 0.3 is 5.97 Å². The highest BCUT2D eigenvalue weighted by molar-refractivity contribution is 9.10. The molecule has 1 aromatic rings. The fourth-order valence-corrected chi connectivity index (χ4v) is 2.07. The zero-order valence-corrected chi connectivity index (χ0v) is 10.9. The van der Waals surface area contributed by atoms with Gasteiger partial charge in [0, 0.05) is 4.47 Å². The summed E-state index contributed by atoms with van der Waals surface area (Å²) in [4.78, 5) is 22.9. The van der Waals surface area contributed by atoms with Crippen LogP contribution in [0.1, 0.15) is 28.8 Å². The first-order valence-electron chi connectivity index (χ1n) is 5.27. The summed E-state index contributed by atoms with van der Waals surface area (Å²) in [5.41, 5.74) is 0.371. The second-order valence-corrected chi connectivity index (χ2v) is 5.07. The van der Waals surface area contributed by atoms with Gasteiger partial charge in [0.15, 0.2) is 0 Å². The maximum absolute atomic E-state index is 12.0. The van der Waals surface area contributed by atoms with Gasteiger partial charge in [0.1, 0.15) is 5.54 Å². The predicted molar refractivity (Wildman–Crippen MR) is 65.9 cm³/mol. The lowest BCUT2D eigenvalue weighted by atomic mass is 10.1. The molecule has 0 heterocycles. The Labute approximate surface area is 107 Å². The number of hydrogen-bond acceptors (Lipinski definition) is 2. The summed E-state index contributed by atoms with van der Waals surface area (Å²) in [7, 11) is 0. The van der Waals surface area contributed by atoms with E-state index in [1.54, 1.807) is 12.1 Å². The number of hydrogen-bond donors (Lipinski definition) is 2. The van der Waals surface area contributed by atoms with Gasteiger partial charge in [0.25, 0.3) is 5.91 Å². The van der Waals surface area contributed by atoms with E-state index in [0.29, 0.717) is 22.9 Å². The van der Waals surface area contributed by atoms with Crippen LogP contribution in [-0.2, 0) is 4.79 Å². The van der Waals surface area contributed by atoms with Crippen molar-refractivity contribution in [1.82, 2.24) is 5.32 Å². The van der Waals surface area contributed by atoms with E-state index >= 15 is 0 Å². The van der Waals surface area contributed by atoms with Crippen LogP contribution in [0.2, 0.25) is 0 Å². The minimum absolute atomic E-state index is 0.347. The molecule has 1 aromatic carbocycles. The Morgan fingerprint density at radius 1 is 1.41 bits per heavy atom. The van der Waals surface area contributed by atoms with Crippen LogP contribution in [0.25, 0.3) is 0 Å². The van der Waals surface area contributed by atoms with Crippen molar-refractivity contribution in [2.75, 3.05) is 0 Å². The third kappa shape index (κ3) is 2.20. The van der Waals surface area contributed by atoms with E-state index in [9.17, 15) is 9.59 Å². The van der Waals surface area contributed by atoms with E-state index in [0.717, 1.165) is 5.56 Å². The first-order valence-corrected chi connectivity index (χ1v) is 6.06. The number of aryl methyl sites for hydroxylation is 1. The average molecular weight is 298 g/mol. The lowest BCUT2D eigenvalue weighted by Crippen LogP contribution is -2.43. The minimum atomic E-state index is -1.04. The zero-order valence-electron chi connectivity index (χ0n) is 9.29. The quantitative estimate of drug-likeness (QED) is 0.898. The molecule has 1 aliphatic rings.